The fourth-order valence-electron chi connectivity index (χ4n) is 1.47. The van der Waals surface area contributed by atoms with Crippen molar-refractivity contribution in [3.8, 4) is 0 Å². The number of benzene rings is 1. The fraction of sp³-hybridized carbons (Fsp3) is 0.0909. The van der Waals surface area contributed by atoms with Crippen molar-refractivity contribution >= 4 is 39.6 Å². The largest absolute Gasteiger partial charge is 0.478 e. The van der Waals surface area contributed by atoms with Crippen molar-refractivity contribution in [1.82, 2.24) is 14.8 Å². The Morgan fingerprint density at radius 1 is 1.35 bits per heavy atom. The molecule has 0 bridgehead atoms. The number of nitrogens with one attached hydrogen (secondary N) is 2. The van der Waals surface area contributed by atoms with Crippen LogP contribution in [0.15, 0.2) is 29.0 Å². The first-order valence-corrected chi connectivity index (χ1v) is 6.21. The molecule has 0 fully saturated rings. The summed E-state index contributed by atoms with van der Waals surface area (Å²) in [6.45, 7) is 0. The van der Waals surface area contributed by atoms with E-state index in [9.17, 15) is 9.59 Å². The number of aryl methyl sites for hydroxylation is 1. The third kappa shape index (κ3) is 3.12. The van der Waals surface area contributed by atoms with Gasteiger partial charge >= 0.3 is 12.0 Å². The molecule has 3 N–H and O–H groups in total. The predicted molar refractivity (Wildman–Crippen MR) is 74.7 cm³/mol. The smallest absolute Gasteiger partial charge is 0.337 e. The van der Waals surface area contributed by atoms with Crippen LogP contribution in [-0.2, 0) is 7.05 Å². The van der Waals surface area contributed by atoms with Crippen molar-refractivity contribution in [3.05, 3.63) is 34.6 Å². The molecule has 0 unspecified atom stereocenters. The highest BCUT2D eigenvalue weighted by atomic mass is 79.9. The Morgan fingerprint density at radius 2 is 2.10 bits per heavy atom. The van der Waals surface area contributed by atoms with E-state index in [4.69, 9.17) is 5.11 Å². The molecule has 2 amide bonds. The van der Waals surface area contributed by atoms with Crippen LogP contribution in [0.3, 0.4) is 0 Å². The number of nitrogens with zero attached hydrogens (tertiary/aromatic N) is 3. The number of aromatic carboxylic acids is 1. The molecule has 2 aromatic rings. The number of carboxylic acid groups (broad SMARTS) is 1. The van der Waals surface area contributed by atoms with E-state index in [1.165, 1.54) is 23.1 Å². The molecule has 0 atom stereocenters. The summed E-state index contributed by atoms with van der Waals surface area (Å²) in [5, 5.41) is 17.8. The molecule has 1 aromatic heterocycles. The second kappa shape index (κ2) is 5.70. The minimum Gasteiger partial charge on any atom is -0.478 e. The molecule has 0 aliphatic heterocycles. The molecular formula is C11H10BrN5O3. The van der Waals surface area contributed by atoms with Crippen LogP contribution in [0, 0.1) is 0 Å². The second-order valence-corrected chi connectivity index (χ2v) is 4.70. The highest BCUT2D eigenvalue weighted by Gasteiger charge is 2.14. The van der Waals surface area contributed by atoms with Crippen molar-refractivity contribution in [2.75, 3.05) is 10.6 Å². The Kier molecular flexibility index (Phi) is 3.99. The number of aromatic nitrogens is 3. The molecule has 2 rings (SSSR count). The molecule has 0 spiro atoms. The highest BCUT2D eigenvalue weighted by molar-refractivity contribution is 9.10. The number of anilines is 2. The maximum Gasteiger partial charge on any atom is 0.337 e. The van der Waals surface area contributed by atoms with Crippen molar-refractivity contribution in [1.29, 1.82) is 0 Å². The van der Waals surface area contributed by atoms with Gasteiger partial charge in [-0.05, 0) is 18.2 Å². The quantitative estimate of drug-likeness (QED) is 0.791. The van der Waals surface area contributed by atoms with Gasteiger partial charge in [-0.15, -0.1) is 0 Å². The summed E-state index contributed by atoms with van der Waals surface area (Å²) in [5.74, 6) is -0.888. The van der Waals surface area contributed by atoms with E-state index in [1.807, 2.05) is 0 Å². The van der Waals surface area contributed by atoms with Gasteiger partial charge in [0.05, 0.1) is 11.3 Å². The minimum atomic E-state index is -1.13. The number of carboxylic acids is 1. The van der Waals surface area contributed by atoms with Crippen LogP contribution in [-0.4, -0.2) is 31.9 Å². The van der Waals surface area contributed by atoms with Crippen molar-refractivity contribution in [3.63, 3.8) is 0 Å². The second-order valence-electron chi connectivity index (χ2n) is 3.78. The first-order valence-electron chi connectivity index (χ1n) is 5.42. The normalized spacial score (nSPS) is 10.1. The molecule has 20 heavy (non-hydrogen) atoms. The first-order chi connectivity index (χ1) is 9.47. The van der Waals surface area contributed by atoms with E-state index < -0.39 is 12.0 Å². The topological polar surface area (TPSA) is 109 Å². The van der Waals surface area contributed by atoms with Crippen LogP contribution in [0.2, 0.25) is 0 Å². The average Bonchev–Trinajstić information content (AvgIpc) is 2.74. The maximum atomic E-state index is 11.8. The number of amides is 2. The van der Waals surface area contributed by atoms with Crippen LogP contribution in [0.1, 0.15) is 10.4 Å². The van der Waals surface area contributed by atoms with E-state index in [0.29, 0.717) is 4.47 Å². The number of hydrogen-bond donors (Lipinski definition) is 3. The SMILES string of the molecule is Cn1ncnc1NC(=O)Nc1cc(Br)ccc1C(=O)O. The van der Waals surface area contributed by atoms with Gasteiger partial charge in [0.15, 0.2) is 0 Å². The third-order valence-electron chi connectivity index (χ3n) is 2.40. The summed E-state index contributed by atoms with van der Waals surface area (Å²) in [7, 11) is 1.62. The highest BCUT2D eigenvalue weighted by Crippen LogP contribution is 2.21. The molecule has 0 radical (unpaired) electrons. The molecule has 1 aromatic carbocycles. The van der Waals surface area contributed by atoms with E-state index in [-0.39, 0.29) is 17.2 Å². The van der Waals surface area contributed by atoms with Crippen LogP contribution in [0.4, 0.5) is 16.4 Å². The lowest BCUT2D eigenvalue weighted by atomic mass is 10.2. The molecule has 104 valence electrons. The number of urea groups is 1. The molecule has 0 saturated carbocycles. The zero-order valence-corrected chi connectivity index (χ0v) is 11.9. The van der Waals surface area contributed by atoms with Gasteiger partial charge in [-0.3, -0.25) is 5.32 Å². The number of carbonyl (C=O) groups is 2. The van der Waals surface area contributed by atoms with Crippen molar-refractivity contribution in [2.24, 2.45) is 7.05 Å². The summed E-state index contributed by atoms with van der Waals surface area (Å²) < 4.78 is 2.02. The van der Waals surface area contributed by atoms with E-state index >= 15 is 0 Å². The minimum absolute atomic E-state index is 0.0127. The van der Waals surface area contributed by atoms with Gasteiger partial charge in [-0.2, -0.15) is 10.1 Å². The van der Waals surface area contributed by atoms with E-state index in [1.54, 1.807) is 13.1 Å². The van der Waals surface area contributed by atoms with Gasteiger partial charge < -0.3 is 10.4 Å². The van der Waals surface area contributed by atoms with Gasteiger partial charge in [0, 0.05) is 11.5 Å². The Balaban J connectivity index is 2.17. The number of halogens is 1. The summed E-state index contributed by atoms with van der Waals surface area (Å²) in [6.07, 6.45) is 1.29. The van der Waals surface area contributed by atoms with Crippen molar-refractivity contribution in [2.45, 2.75) is 0 Å². The molecule has 8 nitrogen and oxygen atoms in total. The summed E-state index contributed by atoms with van der Waals surface area (Å²) in [5.41, 5.74) is 0.160. The van der Waals surface area contributed by atoms with Crippen LogP contribution < -0.4 is 10.6 Å². The fourth-order valence-corrected chi connectivity index (χ4v) is 1.83. The van der Waals surface area contributed by atoms with Gasteiger partial charge in [-0.1, -0.05) is 15.9 Å². The zero-order valence-electron chi connectivity index (χ0n) is 10.3. The predicted octanol–water partition coefficient (Wildman–Crippen LogP) is 1.92. The number of carbonyl (C=O) groups excluding carboxylic acids is 1. The Morgan fingerprint density at radius 3 is 2.70 bits per heavy atom. The summed E-state index contributed by atoms with van der Waals surface area (Å²) >= 11 is 3.22. The Bertz CT molecular complexity index is 670. The average molecular weight is 340 g/mol. The molecule has 1 heterocycles. The lowest BCUT2D eigenvalue weighted by molar-refractivity contribution is 0.0698. The lowest BCUT2D eigenvalue weighted by Gasteiger charge is -2.09. The van der Waals surface area contributed by atoms with Crippen LogP contribution in [0.5, 0.6) is 0 Å². The number of hydrogen-bond acceptors (Lipinski definition) is 4. The monoisotopic (exact) mass is 339 g/mol. The zero-order chi connectivity index (χ0) is 14.7. The van der Waals surface area contributed by atoms with Crippen molar-refractivity contribution < 1.29 is 14.7 Å². The summed E-state index contributed by atoms with van der Waals surface area (Å²) in [6, 6.07) is 3.86. The molecule has 0 aliphatic carbocycles. The van der Waals surface area contributed by atoms with Gasteiger partial charge in [0.2, 0.25) is 5.95 Å². The standard InChI is InChI=1S/C11H10BrN5O3/c1-17-10(13-5-14-17)16-11(20)15-8-4-6(12)2-3-7(8)9(18)19/h2-5H,1H3,(H,18,19)(H2,13,14,15,16,20). The molecule has 0 aliphatic rings. The van der Waals surface area contributed by atoms with Gasteiger partial charge in [-0.25, -0.2) is 14.3 Å². The Labute approximate surface area is 121 Å². The number of rotatable bonds is 3. The first kappa shape index (κ1) is 14.0. The molecular weight excluding hydrogens is 330 g/mol. The Hall–Kier alpha value is -2.42. The van der Waals surface area contributed by atoms with Crippen LogP contribution >= 0.6 is 15.9 Å². The van der Waals surface area contributed by atoms with E-state index in [0.717, 1.165) is 0 Å². The van der Waals surface area contributed by atoms with E-state index in [2.05, 4.69) is 36.6 Å². The third-order valence-corrected chi connectivity index (χ3v) is 2.89. The summed E-state index contributed by atoms with van der Waals surface area (Å²) in [4.78, 5) is 26.7. The van der Waals surface area contributed by atoms with Gasteiger partial charge in [0.25, 0.3) is 0 Å². The maximum absolute atomic E-state index is 11.8. The molecule has 9 heteroatoms. The molecule has 0 saturated heterocycles. The van der Waals surface area contributed by atoms with Gasteiger partial charge in [0.1, 0.15) is 6.33 Å². The lowest BCUT2D eigenvalue weighted by Crippen LogP contribution is -2.22. The van der Waals surface area contributed by atoms with Crippen LogP contribution in [0.25, 0.3) is 0 Å².